The molecule has 1 unspecified atom stereocenters. The highest BCUT2D eigenvalue weighted by Gasteiger charge is 1.98. The first-order valence-electron chi connectivity index (χ1n) is 3.41. The van der Waals surface area contributed by atoms with Crippen LogP contribution in [0.2, 0.25) is 0 Å². The highest BCUT2D eigenvalue weighted by molar-refractivity contribution is 14.1. The summed E-state index contributed by atoms with van der Waals surface area (Å²) < 4.78 is 5.86. The Morgan fingerprint density at radius 3 is 2.67 bits per heavy atom. The van der Waals surface area contributed by atoms with Crippen molar-refractivity contribution in [2.24, 2.45) is 0 Å². The first kappa shape index (κ1) is 10.7. The summed E-state index contributed by atoms with van der Waals surface area (Å²) in [5.41, 5.74) is 0. The van der Waals surface area contributed by atoms with E-state index in [9.17, 15) is 0 Å². The second-order valence-corrected chi connectivity index (χ2v) is 7.13. The predicted molar refractivity (Wildman–Crippen MR) is 66.3 cm³/mol. The predicted octanol–water partition coefficient (Wildman–Crippen LogP) is 3.87. The van der Waals surface area contributed by atoms with Crippen molar-refractivity contribution in [3.63, 3.8) is 0 Å². The third-order valence-corrected chi connectivity index (χ3v) is 3.66. The third-order valence-electron chi connectivity index (χ3n) is 1.09. The van der Waals surface area contributed by atoms with E-state index in [1.807, 2.05) is 30.3 Å². The summed E-state index contributed by atoms with van der Waals surface area (Å²) in [6.45, 7) is 0. The van der Waals surface area contributed by atoms with Crippen molar-refractivity contribution in [3.8, 4) is 5.75 Å². The minimum absolute atomic E-state index is 0.462. The molecule has 0 saturated carbocycles. The normalized spacial score (nSPS) is 12.5. The molecule has 0 N–H and O–H groups in total. The van der Waals surface area contributed by atoms with E-state index in [4.69, 9.17) is 4.18 Å². The molecule has 0 spiro atoms. The number of hydrogen-bond acceptors (Lipinski definition) is 2. The van der Waals surface area contributed by atoms with E-state index in [-0.39, 0.29) is 0 Å². The van der Waals surface area contributed by atoms with Gasteiger partial charge >= 0.3 is 0 Å². The number of halogens is 2. The Kier molecular flexibility index (Phi) is 5.42. The molecule has 0 aliphatic heterocycles. The Morgan fingerprint density at radius 1 is 1.42 bits per heavy atom. The average Bonchev–Trinajstić information content (AvgIpc) is 2.05. The summed E-state index contributed by atoms with van der Waals surface area (Å²) in [5.74, 6) is 1.85. The lowest BCUT2D eigenvalue weighted by molar-refractivity contribution is 0.647. The summed E-state index contributed by atoms with van der Waals surface area (Å²) >= 11 is 7.19. The number of para-hydroxylation sites is 1. The van der Waals surface area contributed by atoms with Crippen LogP contribution in [0.5, 0.6) is 5.75 Å². The van der Waals surface area contributed by atoms with Crippen molar-refractivity contribution in [3.05, 3.63) is 30.3 Å². The largest absolute Gasteiger partial charge is 0.426 e. The van der Waals surface area contributed by atoms with Crippen LogP contribution in [0.15, 0.2) is 30.3 Å². The van der Waals surface area contributed by atoms with Crippen molar-refractivity contribution < 1.29 is 4.18 Å². The Bertz CT molecular complexity index is 218. The van der Waals surface area contributed by atoms with E-state index in [0.29, 0.717) is 2.83 Å². The highest BCUT2D eigenvalue weighted by Crippen LogP contribution is 2.20. The number of hydrogen-bond donors (Lipinski definition) is 0. The fourth-order valence-corrected chi connectivity index (χ4v) is 1.81. The zero-order valence-electron chi connectivity index (χ0n) is 6.24. The fraction of sp³-hybridized carbons (Fsp3) is 0.250. The smallest absolute Gasteiger partial charge is 0.137 e. The molecule has 12 heavy (non-hydrogen) atoms. The van der Waals surface area contributed by atoms with Gasteiger partial charge < -0.3 is 4.18 Å². The second-order valence-electron chi connectivity index (χ2n) is 2.07. The van der Waals surface area contributed by atoms with Gasteiger partial charge in [0.05, 0.1) is 20.6 Å². The van der Waals surface area contributed by atoms with Gasteiger partial charge in [0.2, 0.25) is 0 Å². The third kappa shape index (κ3) is 4.57. The molecule has 0 fully saturated rings. The maximum atomic E-state index is 5.40. The fourth-order valence-electron chi connectivity index (χ4n) is 0.630. The van der Waals surface area contributed by atoms with Gasteiger partial charge in [-0.2, -0.15) is 0 Å². The van der Waals surface area contributed by atoms with Crippen molar-refractivity contribution in [1.82, 2.24) is 0 Å². The first-order chi connectivity index (χ1) is 5.79. The van der Waals surface area contributed by atoms with E-state index >= 15 is 0 Å². The zero-order valence-corrected chi connectivity index (χ0v) is 10.8. The van der Waals surface area contributed by atoms with Gasteiger partial charge in [-0.25, -0.2) is 0 Å². The Hall–Kier alpha value is 0.580. The molecule has 1 nitrogen and oxygen atoms in total. The van der Waals surface area contributed by atoms with Gasteiger partial charge in [-0.1, -0.05) is 56.7 Å². The highest BCUT2D eigenvalue weighted by atomic mass is 127. The van der Waals surface area contributed by atoms with Crippen LogP contribution in [-0.4, -0.2) is 8.59 Å². The molecule has 0 radical (unpaired) electrons. The lowest BCUT2D eigenvalue weighted by Gasteiger charge is -2.03. The van der Waals surface area contributed by atoms with E-state index in [1.165, 1.54) is 12.0 Å². The van der Waals surface area contributed by atoms with E-state index < -0.39 is 0 Å². The van der Waals surface area contributed by atoms with Gasteiger partial charge in [0.15, 0.2) is 0 Å². The standard InChI is InChI=1S/C8H8BrIOS/c9-8(10)6-12-11-7-4-2-1-3-5-7/h1-5,8H,6H2. The molecule has 4 heteroatoms. The molecule has 1 atom stereocenters. The van der Waals surface area contributed by atoms with E-state index in [0.717, 1.165) is 11.5 Å². The molecule has 1 rings (SSSR count). The Balaban J connectivity index is 2.25. The van der Waals surface area contributed by atoms with Crippen molar-refractivity contribution in [2.45, 2.75) is 2.83 Å². The molecule has 0 aliphatic rings. The molecule has 1 aromatic rings. The quantitative estimate of drug-likeness (QED) is 0.459. The summed E-state index contributed by atoms with van der Waals surface area (Å²) in [4.78, 5) is 0. The van der Waals surface area contributed by atoms with Gasteiger partial charge in [0.1, 0.15) is 5.75 Å². The van der Waals surface area contributed by atoms with Crippen LogP contribution in [0, 0.1) is 0 Å². The molecule has 0 aliphatic carbocycles. The maximum Gasteiger partial charge on any atom is 0.137 e. The summed E-state index contributed by atoms with van der Waals surface area (Å²) in [7, 11) is 0. The topological polar surface area (TPSA) is 9.23 Å². The SMILES string of the molecule is BrC(I)CSOc1ccccc1. The molecule has 1 aromatic carbocycles. The lowest BCUT2D eigenvalue weighted by atomic mass is 10.3. The zero-order chi connectivity index (χ0) is 8.81. The van der Waals surface area contributed by atoms with E-state index in [2.05, 4.69) is 38.5 Å². The summed E-state index contributed by atoms with van der Waals surface area (Å²) in [6, 6.07) is 9.80. The van der Waals surface area contributed by atoms with Gasteiger partial charge in [-0.3, -0.25) is 0 Å². The van der Waals surface area contributed by atoms with Crippen LogP contribution in [-0.2, 0) is 0 Å². The summed E-state index contributed by atoms with van der Waals surface area (Å²) in [6.07, 6.45) is 0. The molecule has 0 heterocycles. The molecule has 66 valence electrons. The summed E-state index contributed by atoms with van der Waals surface area (Å²) in [5, 5.41) is 0. The van der Waals surface area contributed by atoms with Crippen molar-refractivity contribution >= 4 is 50.6 Å². The van der Waals surface area contributed by atoms with Gasteiger partial charge in [-0.05, 0) is 12.1 Å². The molecular weight excluding hydrogens is 351 g/mol. The minimum Gasteiger partial charge on any atom is -0.426 e. The molecule has 0 saturated heterocycles. The molecule has 0 bridgehead atoms. The maximum absolute atomic E-state index is 5.40. The van der Waals surface area contributed by atoms with Crippen LogP contribution in [0.3, 0.4) is 0 Å². The minimum atomic E-state index is 0.462. The molecule has 0 aromatic heterocycles. The van der Waals surface area contributed by atoms with Crippen LogP contribution in [0.4, 0.5) is 0 Å². The number of benzene rings is 1. The molecular formula is C8H8BrIOS. The van der Waals surface area contributed by atoms with Crippen LogP contribution in [0.25, 0.3) is 0 Å². The van der Waals surface area contributed by atoms with Crippen LogP contribution < -0.4 is 4.18 Å². The number of alkyl halides is 2. The lowest BCUT2D eigenvalue weighted by Crippen LogP contribution is -1.91. The van der Waals surface area contributed by atoms with Crippen LogP contribution in [0.1, 0.15) is 0 Å². The van der Waals surface area contributed by atoms with Gasteiger partial charge in [-0.15, -0.1) is 0 Å². The van der Waals surface area contributed by atoms with Crippen LogP contribution >= 0.6 is 50.6 Å². The van der Waals surface area contributed by atoms with Crippen molar-refractivity contribution in [1.29, 1.82) is 0 Å². The first-order valence-corrected chi connectivity index (χ1v) is 6.49. The van der Waals surface area contributed by atoms with Gasteiger partial charge in [0, 0.05) is 0 Å². The van der Waals surface area contributed by atoms with E-state index in [1.54, 1.807) is 0 Å². The van der Waals surface area contributed by atoms with Gasteiger partial charge in [0.25, 0.3) is 0 Å². The average molecular weight is 359 g/mol. The molecule has 0 amide bonds. The van der Waals surface area contributed by atoms with Crippen molar-refractivity contribution in [2.75, 3.05) is 5.75 Å². The second kappa shape index (κ2) is 6.10. The Morgan fingerprint density at radius 2 is 2.08 bits per heavy atom. The Labute approximate surface area is 98.7 Å². The number of rotatable bonds is 4. The monoisotopic (exact) mass is 358 g/mol.